The molecule has 0 aliphatic heterocycles. The number of aliphatic hydroxyl groups excluding tert-OH is 1. The molecule has 0 amide bonds. The van der Waals surface area contributed by atoms with Gasteiger partial charge in [0, 0.05) is 11.8 Å². The lowest BCUT2D eigenvalue weighted by molar-refractivity contribution is 0.0526. The van der Waals surface area contributed by atoms with Gasteiger partial charge in [-0.15, -0.1) is 0 Å². The summed E-state index contributed by atoms with van der Waals surface area (Å²) >= 11 is 0. The number of carbonyl (C=O) groups is 1. The first-order valence-corrected chi connectivity index (χ1v) is 7.07. The summed E-state index contributed by atoms with van der Waals surface area (Å²) in [7, 11) is 0. The zero-order valence-corrected chi connectivity index (χ0v) is 12.2. The second-order valence-corrected chi connectivity index (χ2v) is 4.69. The van der Waals surface area contributed by atoms with Gasteiger partial charge in [-0.2, -0.15) is 0 Å². The van der Waals surface area contributed by atoms with Crippen molar-refractivity contribution in [2.24, 2.45) is 0 Å². The number of aliphatic hydroxyl groups is 1. The van der Waals surface area contributed by atoms with Crippen LogP contribution in [0.4, 0.5) is 0 Å². The van der Waals surface area contributed by atoms with Gasteiger partial charge in [0.25, 0.3) is 0 Å². The van der Waals surface area contributed by atoms with Crippen LogP contribution >= 0.6 is 0 Å². The van der Waals surface area contributed by atoms with Crippen LogP contribution in [0.5, 0.6) is 0 Å². The molecule has 1 unspecified atom stereocenters. The molecule has 1 aromatic heterocycles. The Labute approximate surface area is 124 Å². The van der Waals surface area contributed by atoms with Crippen LogP contribution in [0.3, 0.4) is 0 Å². The van der Waals surface area contributed by atoms with Crippen LogP contribution in [0.2, 0.25) is 0 Å². The molecule has 1 atom stereocenters. The van der Waals surface area contributed by atoms with E-state index in [-0.39, 0.29) is 5.97 Å². The van der Waals surface area contributed by atoms with E-state index in [4.69, 9.17) is 4.74 Å². The van der Waals surface area contributed by atoms with Gasteiger partial charge in [0.15, 0.2) is 0 Å². The predicted octanol–water partition coefficient (Wildman–Crippen LogP) is 3.37. The van der Waals surface area contributed by atoms with Gasteiger partial charge >= 0.3 is 5.97 Å². The van der Waals surface area contributed by atoms with Crippen LogP contribution in [0, 0.1) is 0 Å². The molecule has 4 heteroatoms. The molecule has 0 bridgehead atoms. The third-order valence-electron chi connectivity index (χ3n) is 3.24. The Bertz CT molecular complexity index is 590. The number of hydrogen-bond acceptors (Lipinski definition) is 4. The maximum absolute atomic E-state index is 11.6. The Balaban J connectivity index is 2.17. The number of ether oxygens (including phenoxy) is 1. The molecule has 0 saturated carbocycles. The highest BCUT2D eigenvalue weighted by Gasteiger charge is 2.08. The Hall–Kier alpha value is -2.20. The van der Waals surface area contributed by atoms with E-state index in [0.29, 0.717) is 24.3 Å². The molecule has 0 radical (unpaired) electrons. The van der Waals surface area contributed by atoms with Crippen molar-refractivity contribution in [1.29, 1.82) is 0 Å². The first-order valence-electron chi connectivity index (χ1n) is 7.07. The second kappa shape index (κ2) is 6.99. The molecule has 1 N–H and O–H groups in total. The van der Waals surface area contributed by atoms with Gasteiger partial charge in [0.05, 0.1) is 24.0 Å². The highest BCUT2D eigenvalue weighted by atomic mass is 16.5. The van der Waals surface area contributed by atoms with Crippen molar-refractivity contribution >= 4 is 5.97 Å². The van der Waals surface area contributed by atoms with E-state index in [1.807, 2.05) is 31.2 Å². The summed E-state index contributed by atoms with van der Waals surface area (Å²) < 4.78 is 4.95. The molecule has 1 heterocycles. The van der Waals surface area contributed by atoms with E-state index in [2.05, 4.69) is 4.98 Å². The average molecular weight is 285 g/mol. The molecule has 4 nitrogen and oxygen atoms in total. The smallest absolute Gasteiger partial charge is 0.338 e. The minimum Gasteiger partial charge on any atom is -0.462 e. The number of hydrogen-bond donors (Lipinski definition) is 1. The zero-order chi connectivity index (χ0) is 15.2. The molecular formula is C17H19NO3. The molecule has 2 aromatic rings. The fourth-order valence-electron chi connectivity index (χ4n) is 2.00. The fraction of sp³-hybridized carbons (Fsp3) is 0.294. The third-order valence-corrected chi connectivity index (χ3v) is 3.24. The normalized spacial score (nSPS) is 12.0. The van der Waals surface area contributed by atoms with Gasteiger partial charge in [-0.3, -0.25) is 4.98 Å². The van der Waals surface area contributed by atoms with Crippen LogP contribution in [0.1, 0.15) is 42.4 Å². The van der Waals surface area contributed by atoms with E-state index < -0.39 is 6.10 Å². The van der Waals surface area contributed by atoms with Gasteiger partial charge < -0.3 is 9.84 Å². The number of nitrogens with zero attached hydrogens (tertiary/aromatic N) is 1. The Morgan fingerprint density at radius 3 is 2.33 bits per heavy atom. The van der Waals surface area contributed by atoms with E-state index >= 15 is 0 Å². The quantitative estimate of drug-likeness (QED) is 0.856. The molecule has 2 rings (SSSR count). The monoisotopic (exact) mass is 285 g/mol. The molecular weight excluding hydrogens is 266 g/mol. The third kappa shape index (κ3) is 3.67. The van der Waals surface area contributed by atoms with E-state index in [1.165, 1.54) is 0 Å². The highest BCUT2D eigenvalue weighted by Crippen LogP contribution is 2.21. The van der Waals surface area contributed by atoms with E-state index in [9.17, 15) is 9.90 Å². The lowest BCUT2D eigenvalue weighted by Crippen LogP contribution is -2.04. The summed E-state index contributed by atoms with van der Waals surface area (Å²) in [6.45, 7) is 4.06. The number of aromatic nitrogens is 1. The zero-order valence-electron chi connectivity index (χ0n) is 12.2. The highest BCUT2D eigenvalue weighted by molar-refractivity contribution is 5.90. The molecule has 1 aromatic carbocycles. The van der Waals surface area contributed by atoms with Crippen LogP contribution in [0.25, 0.3) is 11.1 Å². The number of pyridine rings is 1. The van der Waals surface area contributed by atoms with Gasteiger partial charge in [-0.05, 0) is 37.1 Å². The molecule has 0 aliphatic rings. The van der Waals surface area contributed by atoms with Gasteiger partial charge in [-0.1, -0.05) is 25.1 Å². The van der Waals surface area contributed by atoms with Crippen LogP contribution in [-0.4, -0.2) is 22.7 Å². The van der Waals surface area contributed by atoms with E-state index in [0.717, 1.165) is 11.1 Å². The second-order valence-electron chi connectivity index (χ2n) is 4.69. The Morgan fingerprint density at radius 1 is 1.14 bits per heavy atom. The molecule has 0 aliphatic carbocycles. The van der Waals surface area contributed by atoms with E-state index in [1.54, 1.807) is 25.3 Å². The largest absolute Gasteiger partial charge is 0.462 e. The first-order chi connectivity index (χ1) is 10.2. The lowest BCUT2D eigenvalue weighted by atomic mass is 10.0. The average Bonchev–Trinajstić information content (AvgIpc) is 2.54. The lowest BCUT2D eigenvalue weighted by Gasteiger charge is -2.08. The van der Waals surface area contributed by atoms with Crippen molar-refractivity contribution < 1.29 is 14.6 Å². The van der Waals surface area contributed by atoms with Gasteiger partial charge in [-0.25, -0.2) is 4.79 Å². The predicted molar refractivity (Wildman–Crippen MR) is 80.9 cm³/mol. The molecule has 110 valence electrons. The Kier molecular flexibility index (Phi) is 5.06. The molecule has 21 heavy (non-hydrogen) atoms. The molecule has 0 fully saturated rings. The number of carbonyl (C=O) groups excluding carboxylic acids is 1. The van der Waals surface area contributed by atoms with Crippen LogP contribution in [0.15, 0.2) is 42.6 Å². The van der Waals surface area contributed by atoms with Crippen LogP contribution in [-0.2, 0) is 4.74 Å². The fourth-order valence-corrected chi connectivity index (χ4v) is 2.00. The van der Waals surface area contributed by atoms with Crippen LogP contribution < -0.4 is 0 Å². The minimum atomic E-state index is -0.523. The van der Waals surface area contributed by atoms with Crippen molar-refractivity contribution in [2.45, 2.75) is 26.4 Å². The Morgan fingerprint density at radius 2 is 1.81 bits per heavy atom. The number of benzene rings is 1. The number of rotatable bonds is 5. The summed E-state index contributed by atoms with van der Waals surface area (Å²) in [5, 5.41) is 9.72. The SMILES string of the molecule is CCOC(=O)c1ccc(-c2ccc(C(O)CC)nc2)cc1. The number of esters is 1. The van der Waals surface area contributed by atoms with Gasteiger partial charge in [0.1, 0.15) is 0 Å². The first kappa shape index (κ1) is 15.2. The summed E-state index contributed by atoms with van der Waals surface area (Å²) in [6, 6.07) is 10.9. The summed E-state index contributed by atoms with van der Waals surface area (Å²) in [4.78, 5) is 15.9. The van der Waals surface area contributed by atoms with Crippen molar-refractivity contribution in [1.82, 2.24) is 4.98 Å². The maximum Gasteiger partial charge on any atom is 0.338 e. The van der Waals surface area contributed by atoms with Crippen molar-refractivity contribution in [3.05, 3.63) is 53.9 Å². The van der Waals surface area contributed by atoms with Crippen molar-refractivity contribution in [2.75, 3.05) is 6.61 Å². The van der Waals surface area contributed by atoms with Crippen molar-refractivity contribution in [3.8, 4) is 11.1 Å². The standard InChI is InChI=1S/C17H19NO3/c1-3-16(19)15-10-9-14(11-18-15)12-5-7-13(8-6-12)17(20)21-4-2/h5-11,16,19H,3-4H2,1-2H3. The summed E-state index contributed by atoms with van der Waals surface area (Å²) in [5.41, 5.74) is 3.11. The molecule has 0 saturated heterocycles. The summed E-state index contributed by atoms with van der Waals surface area (Å²) in [5.74, 6) is -0.316. The molecule has 0 spiro atoms. The topological polar surface area (TPSA) is 59.4 Å². The van der Waals surface area contributed by atoms with Gasteiger partial charge in [0.2, 0.25) is 0 Å². The minimum absolute atomic E-state index is 0.316. The summed E-state index contributed by atoms with van der Waals surface area (Å²) in [6.07, 6.45) is 1.85. The maximum atomic E-state index is 11.6. The van der Waals surface area contributed by atoms with Crippen molar-refractivity contribution in [3.63, 3.8) is 0 Å².